The van der Waals surface area contributed by atoms with Crippen molar-refractivity contribution in [2.24, 2.45) is 4.99 Å². The van der Waals surface area contributed by atoms with Crippen molar-refractivity contribution < 1.29 is 23.5 Å². The number of fused-ring (bicyclic) bond motifs is 1. The summed E-state index contributed by atoms with van der Waals surface area (Å²) in [5, 5.41) is 29.3. The largest absolute Gasteiger partial charge is 0.390 e. The first-order valence-corrected chi connectivity index (χ1v) is 10.1. The average Bonchev–Trinajstić information content (AvgIpc) is 3.03. The minimum Gasteiger partial charge on any atom is -0.390 e. The van der Waals surface area contributed by atoms with E-state index >= 15 is 0 Å². The lowest BCUT2D eigenvalue weighted by Gasteiger charge is -2.27. The Morgan fingerprint density at radius 2 is 2.33 bits per heavy atom. The molecule has 3 rings (SSSR count). The van der Waals surface area contributed by atoms with Gasteiger partial charge in [0.25, 0.3) is 0 Å². The van der Waals surface area contributed by atoms with Gasteiger partial charge in [0.2, 0.25) is 5.82 Å². The zero-order chi connectivity index (χ0) is 19.6. The van der Waals surface area contributed by atoms with Crippen molar-refractivity contribution in [3.63, 3.8) is 0 Å². The van der Waals surface area contributed by atoms with Crippen LogP contribution in [0.3, 0.4) is 0 Å². The first-order chi connectivity index (χ1) is 12.8. The molecule has 0 spiro atoms. The molecule has 3 atom stereocenters. The molecule has 12 heteroatoms. The number of benzene rings is 1. The van der Waals surface area contributed by atoms with Crippen molar-refractivity contribution in [2.45, 2.75) is 18.6 Å². The molecule has 0 aliphatic heterocycles. The summed E-state index contributed by atoms with van der Waals surface area (Å²) in [4.78, 5) is 4.32. The Kier molecular flexibility index (Phi) is 5.39. The first kappa shape index (κ1) is 19.2. The Bertz CT molecular complexity index is 961. The molecular formula is C15H19FN6O4S. The molecule has 0 radical (unpaired) electrons. The summed E-state index contributed by atoms with van der Waals surface area (Å²) in [6.07, 6.45) is 0.773. The van der Waals surface area contributed by atoms with Crippen LogP contribution >= 0.6 is 0 Å². The molecule has 0 fully saturated rings. The van der Waals surface area contributed by atoms with Crippen LogP contribution in [-0.4, -0.2) is 55.3 Å². The third kappa shape index (κ3) is 4.59. The molecule has 27 heavy (non-hydrogen) atoms. The van der Waals surface area contributed by atoms with Gasteiger partial charge in [0.05, 0.1) is 17.9 Å². The number of aromatic nitrogens is 2. The number of aliphatic imine (C=N–C) groups is 1. The van der Waals surface area contributed by atoms with E-state index in [4.69, 9.17) is 4.78 Å². The molecule has 1 aromatic heterocycles. The fraction of sp³-hybridized carbons (Fsp3) is 0.400. The highest BCUT2D eigenvalue weighted by atomic mass is 32.2. The smallest absolute Gasteiger partial charge is 0.202 e. The van der Waals surface area contributed by atoms with Crippen molar-refractivity contribution in [3.8, 4) is 0 Å². The summed E-state index contributed by atoms with van der Waals surface area (Å²) >= 11 is 0. The van der Waals surface area contributed by atoms with E-state index in [1.165, 1.54) is 18.4 Å². The number of halogens is 1. The van der Waals surface area contributed by atoms with Crippen LogP contribution in [0, 0.1) is 10.6 Å². The van der Waals surface area contributed by atoms with Gasteiger partial charge in [0, 0.05) is 22.5 Å². The highest BCUT2D eigenvalue weighted by molar-refractivity contribution is 7.91. The zero-order valence-electron chi connectivity index (χ0n) is 14.3. The lowest BCUT2D eigenvalue weighted by atomic mass is 9.83. The Balaban J connectivity index is 1.73. The van der Waals surface area contributed by atoms with Gasteiger partial charge in [0.1, 0.15) is 5.82 Å². The predicted molar refractivity (Wildman–Crippen MR) is 94.8 cm³/mol. The fourth-order valence-electron chi connectivity index (χ4n) is 2.76. The number of aliphatic hydroxyl groups excluding tert-OH is 1. The number of hydrogen-bond donors (Lipinski definition) is 5. The third-order valence-electron chi connectivity index (χ3n) is 4.00. The zero-order valence-corrected chi connectivity index (χ0v) is 15.2. The number of rotatable bonds is 7. The van der Waals surface area contributed by atoms with Crippen LogP contribution < -0.4 is 10.8 Å². The monoisotopic (exact) mass is 398 g/mol. The van der Waals surface area contributed by atoms with Crippen molar-refractivity contribution in [3.05, 3.63) is 40.8 Å². The third-order valence-corrected chi connectivity index (χ3v) is 5.02. The summed E-state index contributed by atoms with van der Waals surface area (Å²) in [7, 11) is -2.85. The Labute approximate surface area is 154 Å². The standard InChI is InChI=1S/C15H19FN6O4S/c1-27(17,25)7-10(23)6-18-14-13(21-26-22-14)15(20-24)19-12-4-8-2-3-9(16)5-11(8)12/h2-3,5,10,12,17,23-24H,4,6-7H2,1H3,(H,18,22)(H,19,20)/t10-,12-,27+/m0/s1. The molecule has 1 aliphatic rings. The molecule has 0 saturated carbocycles. The maximum atomic E-state index is 13.4. The summed E-state index contributed by atoms with van der Waals surface area (Å²) < 4.78 is 36.8. The Hall–Kier alpha value is -2.57. The molecule has 10 nitrogen and oxygen atoms in total. The highest BCUT2D eigenvalue weighted by Crippen LogP contribution is 2.36. The molecule has 0 saturated heterocycles. The molecule has 5 N–H and O–H groups in total. The topological polar surface area (TPSA) is 157 Å². The predicted octanol–water partition coefficient (Wildman–Crippen LogP) is 0.681. The Morgan fingerprint density at radius 1 is 1.56 bits per heavy atom. The van der Waals surface area contributed by atoms with Crippen LogP contribution in [-0.2, 0) is 16.1 Å². The van der Waals surface area contributed by atoms with Gasteiger partial charge >= 0.3 is 0 Å². The summed E-state index contributed by atoms with van der Waals surface area (Å²) in [5.74, 6) is -0.508. The summed E-state index contributed by atoms with van der Waals surface area (Å²) in [5.41, 5.74) is 3.69. The molecule has 1 aromatic carbocycles. The van der Waals surface area contributed by atoms with E-state index in [9.17, 15) is 18.9 Å². The second kappa shape index (κ2) is 7.58. The second-order valence-electron chi connectivity index (χ2n) is 6.32. The van der Waals surface area contributed by atoms with Crippen LogP contribution in [0.25, 0.3) is 0 Å². The number of hydroxylamine groups is 1. The van der Waals surface area contributed by atoms with E-state index in [1.54, 1.807) is 6.07 Å². The highest BCUT2D eigenvalue weighted by Gasteiger charge is 2.28. The summed E-state index contributed by atoms with van der Waals surface area (Å²) in [6, 6.07) is 4.10. The van der Waals surface area contributed by atoms with Crippen LogP contribution in [0.4, 0.5) is 10.2 Å². The van der Waals surface area contributed by atoms with Gasteiger partial charge in [-0.1, -0.05) is 6.07 Å². The number of aliphatic hydroxyl groups is 1. The number of nitrogens with one attached hydrogen (secondary N) is 3. The lowest BCUT2D eigenvalue weighted by Crippen LogP contribution is -2.29. The molecule has 0 amide bonds. The fourth-order valence-corrected chi connectivity index (χ4v) is 3.62. The normalized spacial score (nSPS) is 19.6. The second-order valence-corrected chi connectivity index (χ2v) is 8.66. The first-order valence-electron chi connectivity index (χ1n) is 7.99. The number of hydrogen-bond acceptors (Lipinski definition) is 9. The van der Waals surface area contributed by atoms with Gasteiger partial charge in [-0.2, -0.15) is 0 Å². The van der Waals surface area contributed by atoms with Crippen LogP contribution in [0.15, 0.2) is 27.8 Å². The molecule has 1 aliphatic carbocycles. The van der Waals surface area contributed by atoms with Gasteiger partial charge in [0.15, 0.2) is 11.5 Å². The van der Waals surface area contributed by atoms with E-state index in [0.29, 0.717) is 6.42 Å². The molecular weight excluding hydrogens is 379 g/mol. The number of anilines is 1. The number of nitrogens with zero attached hydrogens (tertiary/aromatic N) is 3. The van der Waals surface area contributed by atoms with Crippen molar-refractivity contribution in [1.82, 2.24) is 15.8 Å². The number of amidine groups is 1. The van der Waals surface area contributed by atoms with Gasteiger partial charge in [-0.05, 0) is 40.0 Å². The van der Waals surface area contributed by atoms with Crippen molar-refractivity contribution in [1.29, 1.82) is 4.78 Å². The van der Waals surface area contributed by atoms with Gasteiger partial charge < -0.3 is 10.4 Å². The van der Waals surface area contributed by atoms with Gasteiger partial charge in [-0.25, -0.2) is 9.02 Å². The van der Waals surface area contributed by atoms with Crippen LogP contribution in [0.5, 0.6) is 0 Å². The summed E-state index contributed by atoms with van der Waals surface area (Å²) in [6.45, 7) is -0.0545. The van der Waals surface area contributed by atoms with Gasteiger partial charge in [-0.15, -0.1) is 0 Å². The van der Waals surface area contributed by atoms with E-state index in [2.05, 4.69) is 25.3 Å². The maximum absolute atomic E-state index is 13.4. The molecule has 0 unspecified atom stereocenters. The minimum atomic E-state index is -2.85. The van der Waals surface area contributed by atoms with E-state index in [-0.39, 0.29) is 41.5 Å². The van der Waals surface area contributed by atoms with Crippen LogP contribution in [0.2, 0.25) is 0 Å². The molecule has 146 valence electrons. The SMILES string of the molecule is C[S@@](=N)(=O)C[C@@H](O)CNc1nonc1C(=N[C@H]1Cc2ccc(F)cc21)NO. The van der Waals surface area contributed by atoms with Gasteiger partial charge in [-0.3, -0.25) is 24.7 Å². The average molecular weight is 398 g/mol. The van der Waals surface area contributed by atoms with Crippen molar-refractivity contribution in [2.75, 3.05) is 23.9 Å². The van der Waals surface area contributed by atoms with E-state index < -0.39 is 15.8 Å². The quantitative estimate of drug-likeness (QED) is 0.259. The molecule has 2 aromatic rings. The lowest BCUT2D eigenvalue weighted by molar-refractivity contribution is 0.211. The van der Waals surface area contributed by atoms with Crippen molar-refractivity contribution >= 4 is 21.4 Å². The minimum absolute atomic E-state index is 0.0343. The Morgan fingerprint density at radius 3 is 3.04 bits per heavy atom. The molecule has 1 heterocycles. The van der Waals surface area contributed by atoms with E-state index in [0.717, 1.165) is 11.1 Å². The van der Waals surface area contributed by atoms with Crippen LogP contribution in [0.1, 0.15) is 22.9 Å². The maximum Gasteiger partial charge on any atom is 0.202 e. The van der Waals surface area contributed by atoms with E-state index in [1.807, 2.05) is 5.48 Å². The molecule has 0 bridgehead atoms.